The molecular formula is C19H24N4O2. The van der Waals surface area contributed by atoms with Crippen molar-refractivity contribution in [3.8, 4) is 5.75 Å². The number of aromatic amines is 1. The van der Waals surface area contributed by atoms with Gasteiger partial charge in [0.15, 0.2) is 5.65 Å². The lowest BCUT2D eigenvalue weighted by molar-refractivity contribution is 0.310. The summed E-state index contributed by atoms with van der Waals surface area (Å²) in [5.41, 5.74) is 3.24. The molecule has 0 atom stereocenters. The summed E-state index contributed by atoms with van der Waals surface area (Å²) < 4.78 is 7.24. The van der Waals surface area contributed by atoms with Gasteiger partial charge in [0.2, 0.25) is 0 Å². The Hall–Kier alpha value is -2.60. The second-order valence-corrected chi connectivity index (χ2v) is 6.44. The number of ether oxygens (including phenoxy) is 1. The molecule has 6 nitrogen and oxygen atoms in total. The van der Waals surface area contributed by atoms with Crippen molar-refractivity contribution in [3.63, 3.8) is 0 Å². The van der Waals surface area contributed by atoms with E-state index in [9.17, 15) is 4.79 Å². The van der Waals surface area contributed by atoms with Gasteiger partial charge in [-0.3, -0.25) is 9.89 Å². The van der Waals surface area contributed by atoms with Gasteiger partial charge in [-0.05, 0) is 46.0 Å². The van der Waals surface area contributed by atoms with E-state index >= 15 is 0 Å². The monoisotopic (exact) mass is 340 g/mol. The number of para-hydroxylation sites is 1. The highest BCUT2D eigenvalue weighted by Crippen LogP contribution is 2.13. The minimum atomic E-state index is -0.0211. The van der Waals surface area contributed by atoms with E-state index in [1.54, 1.807) is 4.52 Å². The van der Waals surface area contributed by atoms with Gasteiger partial charge >= 0.3 is 0 Å². The second kappa shape index (κ2) is 7.53. The zero-order valence-electron chi connectivity index (χ0n) is 15.0. The molecule has 132 valence electrons. The fraction of sp³-hybridized carbons (Fsp3) is 0.368. The average molecular weight is 340 g/mol. The van der Waals surface area contributed by atoms with Gasteiger partial charge in [-0.15, -0.1) is 0 Å². The molecule has 0 spiro atoms. The first-order valence-corrected chi connectivity index (χ1v) is 8.47. The Labute approximate surface area is 147 Å². The summed E-state index contributed by atoms with van der Waals surface area (Å²) in [6.07, 6.45) is 3.27. The van der Waals surface area contributed by atoms with Crippen molar-refractivity contribution in [3.05, 3.63) is 63.7 Å². The number of aromatic nitrogens is 3. The van der Waals surface area contributed by atoms with Gasteiger partial charge in [-0.1, -0.05) is 18.2 Å². The average Bonchev–Trinajstić information content (AvgIpc) is 2.97. The maximum Gasteiger partial charge on any atom is 0.276 e. The first kappa shape index (κ1) is 17.2. The number of rotatable bonds is 7. The summed E-state index contributed by atoms with van der Waals surface area (Å²) in [7, 11) is 3.99. The summed E-state index contributed by atoms with van der Waals surface area (Å²) in [5, 5.41) is 3.03. The largest absolute Gasteiger partial charge is 0.494 e. The Morgan fingerprint density at radius 3 is 2.72 bits per heavy atom. The molecule has 2 heterocycles. The molecular weight excluding hydrogens is 316 g/mol. The fourth-order valence-corrected chi connectivity index (χ4v) is 2.90. The van der Waals surface area contributed by atoms with Gasteiger partial charge in [0.05, 0.1) is 6.61 Å². The van der Waals surface area contributed by atoms with E-state index in [1.165, 1.54) is 0 Å². The molecule has 0 aliphatic heterocycles. The molecule has 25 heavy (non-hydrogen) atoms. The maximum atomic E-state index is 12.7. The topological polar surface area (TPSA) is 62.6 Å². The van der Waals surface area contributed by atoms with E-state index in [0.717, 1.165) is 35.5 Å². The molecule has 0 saturated heterocycles. The first-order chi connectivity index (χ1) is 12.1. The third-order valence-electron chi connectivity index (χ3n) is 4.11. The minimum Gasteiger partial charge on any atom is -0.494 e. The highest BCUT2D eigenvalue weighted by atomic mass is 16.5. The molecule has 0 bridgehead atoms. The van der Waals surface area contributed by atoms with Crippen molar-refractivity contribution in [2.45, 2.75) is 26.3 Å². The van der Waals surface area contributed by atoms with Gasteiger partial charge in [-0.2, -0.15) is 0 Å². The zero-order valence-corrected chi connectivity index (χ0v) is 15.0. The van der Waals surface area contributed by atoms with E-state index < -0.39 is 0 Å². The van der Waals surface area contributed by atoms with Crippen LogP contribution >= 0.6 is 0 Å². The molecule has 2 aromatic heterocycles. The van der Waals surface area contributed by atoms with E-state index in [4.69, 9.17) is 4.74 Å². The lowest BCUT2D eigenvalue weighted by atomic mass is 10.1. The highest BCUT2D eigenvalue weighted by Gasteiger charge is 2.14. The van der Waals surface area contributed by atoms with Crippen molar-refractivity contribution in [2.75, 3.05) is 20.7 Å². The van der Waals surface area contributed by atoms with Crippen LogP contribution in [0.4, 0.5) is 0 Å². The normalized spacial score (nSPS) is 11.4. The van der Waals surface area contributed by atoms with Crippen LogP contribution in [0.1, 0.15) is 23.2 Å². The van der Waals surface area contributed by atoms with Crippen LogP contribution in [0.3, 0.4) is 0 Å². The quantitative estimate of drug-likeness (QED) is 0.671. The number of aryl methyl sites for hydroxylation is 1. The standard InChI is InChI=1S/C19H24N4O2/c1-14-17(10-7-11-25-16-8-5-4-6-9-16)19(24)23-18(21-14)15(12-20-23)13-22(2)3/h4-6,8-9,12,20H,7,10-11,13H2,1-3H3. The lowest BCUT2D eigenvalue weighted by Crippen LogP contribution is -2.22. The van der Waals surface area contributed by atoms with Crippen LogP contribution < -0.4 is 10.3 Å². The molecule has 0 radical (unpaired) electrons. The van der Waals surface area contributed by atoms with Crippen molar-refractivity contribution in [1.82, 2.24) is 19.5 Å². The number of hydrogen-bond donors (Lipinski definition) is 1. The molecule has 1 N–H and O–H groups in total. The van der Waals surface area contributed by atoms with Crippen LogP contribution in [-0.2, 0) is 13.0 Å². The summed E-state index contributed by atoms with van der Waals surface area (Å²) in [4.78, 5) is 19.5. The van der Waals surface area contributed by atoms with Crippen LogP contribution in [-0.4, -0.2) is 40.2 Å². The van der Waals surface area contributed by atoms with Crippen LogP contribution in [0.2, 0.25) is 0 Å². The van der Waals surface area contributed by atoms with E-state index in [1.807, 2.05) is 57.5 Å². The SMILES string of the molecule is Cc1nc2c(CN(C)C)c[nH]n2c(=O)c1CCCOc1ccccc1. The van der Waals surface area contributed by atoms with Gasteiger partial charge in [0, 0.05) is 29.6 Å². The Bertz CT molecular complexity index is 897. The highest BCUT2D eigenvalue weighted by molar-refractivity contribution is 5.47. The summed E-state index contributed by atoms with van der Waals surface area (Å²) in [6, 6.07) is 9.71. The third kappa shape index (κ3) is 3.91. The van der Waals surface area contributed by atoms with Gasteiger partial charge in [-0.25, -0.2) is 9.50 Å². The molecule has 1 aromatic carbocycles. The number of hydrogen-bond acceptors (Lipinski definition) is 4. The smallest absolute Gasteiger partial charge is 0.276 e. The molecule has 0 aliphatic carbocycles. The van der Waals surface area contributed by atoms with E-state index in [2.05, 4.69) is 15.0 Å². The van der Waals surface area contributed by atoms with Crippen LogP contribution in [0.15, 0.2) is 41.3 Å². The molecule has 0 unspecified atom stereocenters. The van der Waals surface area contributed by atoms with Gasteiger partial charge in [0.25, 0.3) is 5.56 Å². The van der Waals surface area contributed by atoms with E-state index in [0.29, 0.717) is 18.7 Å². The van der Waals surface area contributed by atoms with Crippen molar-refractivity contribution < 1.29 is 4.74 Å². The Kier molecular flexibility index (Phi) is 5.19. The number of fused-ring (bicyclic) bond motifs is 1. The van der Waals surface area contributed by atoms with Crippen molar-refractivity contribution in [2.24, 2.45) is 0 Å². The third-order valence-corrected chi connectivity index (χ3v) is 4.11. The Balaban J connectivity index is 1.72. The number of benzene rings is 1. The molecule has 0 fully saturated rings. The summed E-state index contributed by atoms with van der Waals surface area (Å²) in [5.74, 6) is 0.849. The predicted molar refractivity (Wildman–Crippen MR) is 98.2 cm³/mol. The fourth-order valence-electron chi connectivity index (χ4n) is 2.90. The van der Waals surface area contributed by atoms with Gasteiger partial charge < -0.3 is 9.64 Å². The number of nitrogens with one attached hydrogen (secondary N) is 1. The second-order valence-electron chi connectivity index (χ2n) is 6.44. The lowest BCUT2D eigenvalue weighted by Gasteiger charge is -2.09. The van der Waals surface area contributed by atoms with Crippen molar-refractivity contribution >= 4 is 5.65 Å². The number of nitrogens with zero attached hydrogens (tertiary/aromatic N) is 3. The van der Waals surface area contributed by atoms with Crippen LogP contribution in [0, 0.1) is 6.92 Å². The molecule has 0 saturated carbocycles. The molecule has 3 rings (SSSR count). The Morgan fingerprint density at radius 1 is 1.24 bits per heavy atom. The molecule has 0 aliphatic rings. The van der Waals surface area contributed by atoms with Gasteiger partial charge in [0.1, 0.15) is 5.75 Å². The van der Waals surface area contributed by atoms with Crippen LogP contribution in [0.25, 0.3) is 5.65 Å². The summed E-state index contributed by atoms with van der Waals surface area (Å²) in [6.45, 7) is 3.21. The summed E-state index contributed by atoms with van der Waals surface area (Å²) >= 11 is 0. The predicted octanol–water partition coefficient (Wildman–Crippen LogP) is 2.40. The van der Waals surface area contributed by atoms with Crippen LogP contribution in [0.5, 0.6) is 5.75 Å². The minimum absolute atomic E-state index is 0.0211. The van der Waals surface area contributed by atoms with E-state index in [-0.39, 0.29) is 5.56 Å². The number of H-pyrrole nitrogens is 1. The van der Waals surface area contributed by atoms with Crippen molar-refractivity contribution in [1.29, 1.82) is 0 Å². The maximum absolute atomic E-state index is 12.7. The molecule has 0 amide bonds. The Morgan fingerprint density at radius 2 is 2.00 bits per heavy atom. The first-order valence-electron chi connectivity index (χ1n) is 8.47. The molecule has 6 heteroatoms. The zero-order chi connectivity index (χ0) is 17.8. The molecule has 3 aromatic rings.